The molecule has 0 saturated heterocycles. The van der Waals surface area contributed by atoms with Gasteiger partial charge in [-0.05, 0) is 18.2 Å². The van der Waals surface area contributed by atoms with Gasteiger partial charge in [0.1, 0.15) is 13.4 Å². The number of imidazole rings is 1. The number of nitrogen functional groups attached to an aromatic ring is 1. The SMILES string of the molecule is [B]c1cc2c(cc1Sc1nc3c(N)nccc3n1CCN)OCO2. The summed E-state index contributed by atoms with van der Waals surface area (Å²) in [5.74, 6) is 1.72. The monoisotopic (exact) mass is 339 g/mol. The van der Waals surface area contributed by atoms with Crippen molar-refractivity contribution in [3.8, 4) is 11.5 Å². The maximum atomic E-state index is 6.13. The molecule has 0 aliphatic carbocycles. The van der Waals surface area contributed by atoms with Crippen molar-refractivity contribution in [3.05, 3.63) is 24.4 Å². The molecule has 1 aliphatic rings. The predicted octanol–water partition coefficient (Wildman–Crippen LogP) is 0.646. The Labute approximate surface area is 143 Å². The van der Waals surface area contributed by atoms with Crippen molar-refractivity contribution in [1.82, 2.24) is 14.5 Å². The first kappa shape index (κ1) is 15.2. The van der Waals surface area contributed by atoms with Gasteiger partial charge in [-0.1, -0.05) is 17.2 Å². The Kier molecular flexibility index (Phi) is 3.74. The lowest BCUT2D eigenvalue weighted by molar-refractivity contribution is 0.174. The van der Waals surface area contributed by atoms with Crippen LogP contribution in [0.4, 0.5) is 5.82 Å². The van der Waals surface area contributed by atoms with E-state index in [-0.39, 0.29) is 6.79 Å². The van der Waals surface area contributed by atoms with Crippen molar-refractivity contribution in [2.24, 2.45) is 5.73 Å². The average molecular weight is 339 g/mol. The Hall–Kier alpha value is -2.39. The van der Waals surface area contributed by atoms with Crippen LogP contribution in [0.2, 0.25) is 0 Å². The van der Waals surface area contributed by atoms with Gasteiger partial charge in [0.05, 0.1) is 5.52 Å². The second-order valence-electron chi connectivity index (χ2n) is 5.24. The van der Waals surface area contributed by atoms with Crippen LogP contribution < -0.4 is 26.4 Å². The molecule has 0 fully saturated rings. The minimum atomic E-state index is 0.205. The number of hydrogen-bond acceptors (Lipinski definition) is 7. The summed E-state index contributed by atoms with van der Waals surface area (Å²) in [6, 6.07) is 5.49. The first-order valence-electron chi connectivity index (χ1n) is 7.35. The molecule has 0 spiro atoms. The summed E-state index contributed by atoms with van der Waals surface area (Å²) in [6.07, 6.45) is 1.66. The third-order valence-electron chi connectivity index (χ3n) is 3.72. The van der Waals surface area contributed by atoms with Crippen LogP contribution >= 0.6 is 11.8 Å². The molecule has 0 bridgehead atoms. The van der Waals surface area contributed by atoms with E-state index < -0.39 is 0 Å². The molecule has 0 amide bonds. The Balaban J connectivity index is 1.80. The molecular formula is C15H14BN5O2S. The number of aromatic nitrogens is 3. The molecule has 1 aliphatic heterocycles. The molecule has 7 nitrogen and oxygen atoms in total. The fraction of sp³-hybridized carbons (Fsp3) is 0.200. The number of hydrogen-bond donors (Lipinski definition) is 2. The van der Waals surface area contributed by atoms with Crippen LogP contribution in [0.1, 0.15) is 0 Å². The number of nitrogens with two attached hydrogens (primary N) is 2. The fourth-order valence-electron chi connectivity index (χ4n) is 2.60. The zero-order valence-corrected chi connectivity index (χ0v) is 13.5. The van der Waals surface area contributed by atoms with Gasteiger partial charge in [-0.2, -0.15) is 0 Å². The molecule has 2 radical (unpaired) electrons. The van der Waals surface area contributed by atoms with Crippen molar-refractivity contribution in [3.63, 3.8) is 0 Å². The Morgan fingerprint density at radius 1 is 1.29 bits per heavy atom. The molecule has 0 unspecified atom stereocenters. The predicted molar refractivity (Wildman–Crippen MR) is 93.1 cm³/mol. The molecule has 2 aromatic heterocycles. The van der Waals surface area contributed by atoms with Crippen molar-refractivity contribution in [2.45, 2.75) is 16.6 Å². The summed E-state index contributed by atoms with van der Waals surface area (Å²) < 4.78 is 12.8. The van der Waals surface area contributed by atoms with Gasteiger partial charge in [0.25, 0.3) is 0 Å². The highest BCUT2D eigenvalue weighted by atomic mass is 32.2. The minimum Gasteiger partial charge on any atom is -0.454 e. The number of rotatable bonds is 4. The van der Waals surface area contributed by atoms with Gasteiger partial charge in [-0.3, -0.25) is 0 Å². The van der Waals surface area contributed by atoms with Gasteiger partial charge in [-0.15, -0.1) is 0 Å². The number of nitrogens with zero attached hydrogens (tertiary/aromatic N) is 3. The number of anilines is 1. The maximum Gasteiger partial charge on any atom is 0.231 e. The van der Waals surface area contributed by atoms with E-state index >= 15 is 0 Å². The van der Waals surface area contributed by atoms with Crippen LogP contribution in [0, 0.1) is 0 Å². The molecule has 9 heteroatoms. The highest BCUT2D eigenvalue weighted by Crippen LogP contribution is 2.37. The standard InChI is InChI=1S/C15H14BN5O2S/c16-8-5-10-11(23-7-22-10)6-12(8)24-15-20-13-9(21(15)4-2-17)1-3-19-14(13)18/h1,3,5-6H,2,4,7,17H2,(H2,18,19). The second kappa shape index (κ2) is 5.92. The highest BCUT2D eigenvalue weighted by Gasteiger charge is 2.19. The van der Waals surface area contributed by atoms with Crippen LogP contribution in [0.15, 0.2) is 34.4 Å². The van der Waals surface area contributed by atoms with E-state index in [0.29, 0.717) is 41.4 Å². The van der Waals surface area contributed by atoms with Crippen molar-refractivity contribution < 1.29 is 9.47 Å². The summed E-state index contributed by atoms with van der Waals surface area (Å²) in [4.78, 5) is 9.54. The summed E-state index contributed by atoms with van der Waals surface area (Å²) >= 11 is 1.43. The van der Waals surface area contributed by atoms with Gasteiger partial charge < -0.3 is 25.5 Å². The topological polar surface area (TPSA) is 101 Å². The van der Waals surface area contributed by atoms with Crippen LogP contribution in [0.5, 0.6) is 11.5 Å². The first-order valence-corrected chi connectivity index (χ1v) is 8.17. The first-order chi connectivity index (χ1) is 11.7. The summed E-state index contributed by atoms with van der Waals surface area (Å²) in [5, 5.41) is 0.751. The van der Waals surface area contributed by atoms with Gasteiger partial charge in [-0.25, -0.2) is 9.97 Å². The highest BCUT2D eigenvalue weighted by molar-refractivity contribution is 7.99. The van der Waals surface area contributed by atoms with Gasteiger partial charge in [0.2, 0.25) is 6.79 Å². The van der Waals surface area contributed by atoms with Crippen molar-refractivity contribution in [2.75, 3.05) is 19.1 Å². The fourth-order valence-corrected chi connectivity index (χ4v) is 3.58. The number of benzene rings is 1. The van der Waals surface area contributed by atoms with E-state index in [4.69, 9.17) is 28.8 Å². The third kappa shape index (κ3) is 2.46. The molecule has 3 heterocycles. The smallest absolute Gasteiger partial charge is 0.231 e. The molecule has 120 valence electrons. The van der Waals surface area contributed by atoms with Gasteiger partial charge in [0, 0.05) is 24.2 Å². The number of ether oxygens (including phenoxy) is 2. The van der Waals surface area contributed by atoms with Crippen molar-refractivity contribution >= 4 is 41.9 Å². The van der Waals surface area contributed by atoms with Crippen LogP contribution in [0.3, 0.4) is 0 Å². The summed E-state index contributed by atoms with van der Waals surface area (Å²) in [7, 11) is 6.13. The Morgan fingerprint density at radius 2 is 2.08 bits per heavy atom. The van der Waals surface area contributed by atoms with Crippen LogP contribution in [-0.4, -0.2) is 35.7 Å². The zero-order valence-electron chi connectivity index (χ0n) is 12.7. The quantitative estimate of drug-likeness (QED) is 0.673. The summed E-state index contributed by atoms with van der Waals surface area (Å²) in [6.45, 7) is 1.31. The van der Waals surface area contributed by atoms with E-state index in [1.807, 2.05) is 16.7 Å². The number of pyridine rings is 1. The van der Waals surface area contributed by atoms with E-state index in [0.717, 1.165) is 15.6 Å². The van der Waals surface area contributed by atoms with E-state index in [2.05, 4.69) is 9.97 Å². The molecular weight excluding hydrogens is 325 g/mol. The van der Waals surface area contributed by atoms with Crippen LogP contribution in [-0.2, 0) is 6.54 Å². The molecule has 24 heavy (non-hydrogen) atoms. The van der Waals surface area contributed by atoms with E-state index in [1.165, 1.54) is 11.8 Å². The van der Waals surface area contributed by atoms with Gasteiger partial charge in [0.15, 0.2) is 22.5 Å². The number of fused-ring (bicyclic) bond motifs is 2. The molecule has 4 rings (SSSR count). The average Bonchev–Trinajstić information content (AvgIpc) is 3.14. The largest absolute Gasteiger partial charge is 0.454 e. The lowest BCUT2D eigenvalue weighted by Gasteiger charge is -2.10. The van der Waals surface area contributed by atoms with Crippen molar-refractivity contribution in [1.29, 1.82) is 0 Å². The molecule has 3 aromatic rings. The maximum absolute atomic E-state index is 6.13. The summed E-state index contributed by atoms with van der Waals surface area (Å²) in [5.41, 5.74) is 13.8. The molecule has 0 saturated carbocycles. The molecule has 4 N–H and O–H groups in total. The molecule has 1 aromatic carbocycles. The van der Waals surface area contributed by atoms with E-state index in [1.54, 1.807) is 12.3 Å². The molecule has 0 atom stereocenters. The van der Waals surface area contributed by atoms with Crippen LogP contribution in [0.25, 0.3) is 11.0 Å². The second-order valence-corrected chi connectivity index (χ2v) is 6.25. The minimum absolute atomic E-state index is 0.205. The van der Waals surface area contributed by atoms with Gasteiger partial charge >= 0.3 is 0 Å². The third-order valence-corrected chi connectivity index (χ3v) is 4.79. The lowest BCUT2D eigenvalue weighted by atomic mass is 9.96. The lowest BCUT2D eigenvalue weighted by Crippen LogP contribution is -2.11. The zero-order chi connectivity index (χ0) is 16.7. The Morgan fingerprint density at radius 3 is 2.88 bits per heavy atom. The van der Waals surface area contributed by atoms with E-state index in [9.17, 15) is 0 Å². The normalized spacial score (nSPS) is 12.9. The Bertz CT molecular complexity index is 930.